The Morgan fingerprint density at radius 1 is 0.977 bits per heavy atom. The number of benzene rings is 2. The van der Waals surface area contributed by atoms with Crippen LogP contribution in [-0.2, 0) is 4.43 Å². The predicted octanol–water partition coefficient (Wildman–Crippen LogP) is 9.48. The normalized spacial score (nSPS) is 28.9. The van der Waals surface area contributed by atoms with Crippen molar-refractivity contribution in [3.8, 4) is 0 Å². The summed E-state index contributed by atoms with van der Waals surface area (Å²) in [5.41, 5.74) is 1.08. The van der Waals surface area contributed by atoms with Gasteiger partial charge in [0, 0.05) is 6.61 Å². The van der Waals surface area contributed by atoms with Crippen molar-refractivity contribution < 1.29 is 9.53 Å². The number of allylic oxidation sites excluding steroid dienone is 3. The molecule has 2 aliphatic carbocycles. The highest BCUT2D eigenvalue weighted by molar-refractivity contribution is 6.99. The standard InChI is InChI=1S/C40H60O2Si/c1-31(26-29-40(41)33(3)24-25-36-38(7,8)27-17-28-39(36,40)9)18-16-19-32(2)30-42-43(37(4,5)6,34-20-12-10-13-21-34)35-22-14-11-15-23-35/h10-16,18-23,32-33,36,41H,17,24-30H2,1-9H3/b19-16+,31-18+/t32-,33-,36+,39+,40-/m1/s1. The van der Waals surface area contributed by atoms with Gasteiger partial charge in [-0.25, -0.2) is 0 Å². The van der Waals surface area contributed by atoms with E-state index in [1.54, 1.807) is 0 Å². The lowest BCUT2D eigenvalue weighted by atomic mass is 9.44. The van der Waals surface area contributed by atoms with Gasteiger partial charge in [0.1, 0.15) is 0 Å². The minimum Gasteiger partial charge on any atom is -0.407 e. The van der Waals surface area contributed by atoms with Crippen LogP contribution in [0.25, 0.3) is 0 Å². The highest BCUT2D eigenvalue weighted by Crippen LogP contribution is 2.63. The van der Waals surface area contributed by atoms with Crippen LogP contribution in [0.5, 0.6) is 0 Å². The van der Waals surface area contributed by atoms with Crippen molar-refractivity contribution in [1.82, 2.24) is 0 Å². The second-order valence-corrected chi connectivity index (χ2v) is 20.4. The zero-order chi connectivity index (χ0) is 31.5. The number of hydrogen-bond acceptors (Lipinski definition) is 2. The number of aliphatic hydroxyl groups is 1. The summed E-state index contributed by atoms with van der Waals surface area (Å²) in [6.07, 6.45) is 14.7. The first-order chi connectivity index (χ1) is 20.2. The van der Waals surface area contributed by atoms with E-state index in [0.717, 1.165) is 25.7 Å². The molecule has 43 heavy (non-hydrogen) atoms. The molecule has 2 aromatic carbocycles. The molecule has 2 saturated carbocycles. The summed E-state index contributed by atoms with van der Waals surface area (Å²) < 4.78 is 7.15. The van der Waals surface area contributed by atoms with E-state index in [-0.39, 0.29) is 16.4 Å². The van der Waals surface area contributed by atoms with E-state index in [2.05, 4.69) is 141 Å². The van der Waals surface area contributed by atoms with Gasteiger partial charge in [0.2, 0.25) is 0 Å². The van der Waals surface area contributed by atoms with E-state index in [1.165, 1.54) is 35.2 Å². The quantitative estimate of drug-likeness (QED) is 0.217. The molecule has 2 fully saturated rings. The topological polar surface area (TPSA) is 29.5 Å². The Morgan fingerprint density at radius 2 is 1.56 bits per heavy atom. The van der Waals surface area contributed by atoms with Gasteiger partial charge in [0.05, 0.1) is 5.60 Å². The molecule has 0 bridgehead atoms. The Hall–Kier alpha value is -1.94. The van der Waals surface area contributed by atoms with Crippen LogP contribution in [0.2, 0.25) is 5.04 Å². The second-order valence-electron chi connectivity index (χ2n) is 16.1. The number of fused-ring (bicyclic) bond motifs is 1. The maximum Gasteiger partial charge on any atom is 0.261 e. The maximum atomic E-state index is 12.3. The molecule has 4 rings (SSSR count). The minimum absolute atomic E-state index is 0.00926. The molecule has 0 unspecified atom stereocenters. The molecule has 2 nitrogen and oxygen atoms in total. The zero-order valence-corrected chi connectivity index (χ0v) is 29.7. The van der Waals surface area contributed by atoms with Crippen molar-refractivity contribution in [2.45, 2.75) is 118 Å². The number of rotatable bonds is 10. The molecule has 5 atom stereocenters. The van der Waals surface area contributed by atoms with Crippen molar-refractivity contribution in [3.05, 3.63) is 84.5 Å². The summed E-state index contributed by atoms with van der Waals surface area (Å²) in [5.74, 6) is 1.25. The van der Waals surface area contributed by atoms with Crippen molar-refractivity contribution in [3.63, 3.8) is 0 Å². The lowest BCUT2D eigenvalue weighted by molar-refractivity contribution is -0.211. The highest BCUT2D eigenvalue weighted by Gasteiger charge is 2.60. The van der Waals surface area contributed by atoms with Gasteiger partial charge >= 0.3 is 0 Å². The summed E-state index contributed by atoms with van der Waals surface area (Å²) in [6, 6.07) is 21.8. The molecule has 0 heterocycles. The van der Waals surface area contributed by atoms with Crippen LogP contribution in [0.4, 0.5) is 0 Å². The summed E-state index contributed by atoms with van der Waals surface area (Å²) in [4.78, 5) is 0. The van der Waals surface area contributed by atoms with Crippen LogP contribution in [0.3, 0.4) is 0 Å². The van der Waals surface area contributed by atoms with Crippen LogP contribution in [-0.4, -0.2) is 25.6 Å². The average molecular weight is 601 g/mol. The van der Waals surface area contributed by atoms with Crippen LogP contribution in [0.1, 0.15) is 107 Å². The molecule has 0 spiro atoms. The van der Waals surface area contributed by atoms with Gasteiger partial charge < -0.3 is 9.53 Å². The Bertz CT molecular complexity index is 1200. The Balaban J connectivity index is 1.45. The zero-order valence-electron chi connectivity index (χ0n) is 28.7. The van der Waals surface area contributed by atoms with Crippen LogP contribution in [0, 0.1) is 28.6 Å². The fourth-order valence-corrected chi connectivity index (χ4v) is 13.7. The molecular weight excluding hydrogens is 541 g/mol. The van der Waals surface area contributed by atoms with Crippen LogP contribution in [0.15, 0.2) is 84.5 Å². The molecule has 0 amide bonds. The van der Waals surface area contributed by atoms with Gasteiger partial charge in [-0.3, -0.25) is 0 Å². The van der Waals surface area contributed by atoms with Gasteiger partial charge in [0.25, 0.3) is 8.32 Å². The molecule has 0 aliphatic heterocycles. The summed E-state index contributed by atoms with van der Waals surface area (Å²) in [5, 5.41) is 15.0. The van der Waals surface area contributed by atoms with E-state index >= 15 is 0 Å². The third-order valence-electron chi connectivity index (χ3n) is 11.6. The van der Waals surface area contributed by atoms with Crippen LogP contribution >= 0.6 is 0 Å². The van der Waals surface area contributed by atoms with E-state index in [4.69, 9.17) is 4.43 Å². The fourth-order valence-electron chi connectivity index (χ4n) is 9.05. The maximum absolute atomic E-state index is 12.3. The molecule has 1 N–H and O–H groups in total. The Kier molecular flexibility index (Phi) is 10.4. The summed E-state index contributed by atoms with van der Waals surface area (Å²) in [7, 11) is -2.53. The first kappa shape index (κ1) is 33.9. The predicted molar refractivity (Wildman–Crippen MR) is 187 cm³/mol. The van der Waals surface area contributed by atoms with E-state index in [9.17, 15) is 5.11 Å². The molecule has 0 aromatic heterocycles. The Morgan fingerprint density at radius 3 is 2.12 bits per heavy atom. The highest BCUT2D eigenvalue weighted by atomic mass is 28.4. The van der Waals surface area contributed by atoms with Crippen molar-refractivity contribution in [2.75, 3.05) is 6.61 Å². The van der Waals surface area contributed by atoms with Crippen LogP contribution < -0.4 is 10.4 Å². The SMILES string of the molecule is C/C(=C\C=C\[C@@H](C)CO[Si](c1ccccc1)(c1ccccc1)C(C)(C)C)CC[C@@]1(O)[C@H](C)CC[C@H]2C(C)(C)CCC[C@@]21C. The van der Waals surface area contributed by atoms with Gasteiger partial charge in [-0.2, -0.15) is 0 Å². The largest absolute Gasteiger partial charge is 0.407 e. The Labute approximate surface area is 265 Å². The molecule has 3 heteroatoms. The molecule has 0 radical (unpaired) electrons. The third-order valence-corrected chi connectivity index (χ3v) is 16.6. The van der Waals surface area contributed by atoms with Crippen molar-refractivity contribution in [1.29, 1.82) is 0 Å². The lowest BCUT2D eigenvalue weighted by Gasteiger charge is -2.63. The fraction of sp³-hybridized carbons (Fsp3) is 0.600. The average Bonchev–Trinajstić information content (AvgIpc) is 2.95. The summed E-state index contributed by atoms with van der Waals surface area (Å²) >= 11 is 0. The van der Waals surface area contributed by atoms with Gasteiger partial charge in [0.15, 0.2) is 0 Å². The second kappa shape index (κ2) is 13.2. The van der Waals surface area contributed by atoms with Gasteiger partial charge in [-0.15, -0.1) is 0 Å². The van der Waals surface area contributed by atoms with E-state index in [0.29, 0.717) is 23.9 Å². The van der Waals surface area contributed by atoms with E-state index in [1.807, 2.05) is 0 Å². The number of hydrogen-bond donors (Lipinski definition) is 1. The van der Waals surface area contributed by atoms with Crippen molar-refractivity contribution in [2.24, 2.45) is 28.6 Å². The third kappa shape index (κ3) is 6.70. The van der Waals surface area contributed by atoms with Gasteiger partial charge in [-0.1, -0.05) is 146 Å². The summed E-state index contributed by atoms with van der Waals surface area (Å²) in [6.45, 7) is 21.8. The smallest absolute Gasteiger partial charge is 0.261 e. The molecule has 2 aliphatic rings. The first-order valence-corrected chi connectivity index (χ1v) is 18.9. The first-order valence-electron chi connectivity index (χ1n) is 17.0. The minimum atomic E-state index is -2.53. The molecule has 2 aromatic rings. The lowest BCUT2D eigenvalue weighted by Crippen LogP contribution is -2.66. The van der Waals surface area contributed by atoms with Gasteiger partial charge in [-0.05, 0) is 89.4 Å². The molecule has 236 valence electrons. The molecular formula is C40H60O2Si. The van der Waals surface area contributed by atoms with E-state index < -0.39 is 13.9 Å². The van der Waals surface area contributed by atoms with Crippen molar-refractivity contribution >= 4 is 18.7 Å². The molecule has 0 saturated heterocycles. The monoisotopic (exact) mass is 600 g/mol.